The molecule has 2 heterocycles. The first-order valence-electron chi connectivity index (χ1n) is 24.7. The van der Waals surface area contributed by atoms with E-state index in [9.17, 15) is 40.0 Å². The van der Waals surface area contributed by atoms with Gasteiger partial charge in [0.2, 0.25) is 6.43 Å². The Morgan fingerprint density at radius 2 is 1.57 bits per heavy atom. The topological polar surface area (TPSA) is 115 Å². The minimum absolute atomic E-state index is 0.00284. The number of thioether (sulfide) groups is 1. The molecule has 0 bridgehead atoms. The van der Waals surface area contributed by atoms with Crippen LogP contribution in [0, 0.1) is 5.41 Å². The lowest BCUT2D eigenvalue weighted by molar-refractivity contribution is -0.0436. The number of ether oxygens (including phenoxy) is 1. The number of allylic oxidation sites excluding steroid dienone is 2. The maximum Gasteiger partial charge on any atom is 0.501 e. The van der Waals surface area contributed by atoms with Gasteiger partial charge in [0, 0.05) is 105 Å². The number of piperazine rings is 1. The zero-order chi connectivity index (χ0) is 52.4. The Kier molecular flexibility index (Phi) is 19.6. The zero-order valence-corrected chi connectivity index (χ0v) is 44.8. The third kappa shape index (κ3) is 16.3. The van der Waals surface area contributed by atoms with Crippen molar-refractivity contribution < 1.29 is 44.7 Å². The summed E-state index contributed by atoms with van der Waals surface area (Å²) < 4.78 is 104. The van der Waals surface area contributed by atoms with E-state index in [4.69, 9.17) is 4.74 Å². The smallest absolute Gasteiger partial charge is 0.444 e. The Hall–Kier alpha value is -4.30. The van der Waals surface area contributed by atoms with Gasteiger partial charge in [-0.1, -0.05) is 49.8 Å². The lowest BCUT2D eigenvalue weighted by Gasteiger charge is -2.39. The fraction of sp³-hybridized carbons (Fsp3) is 0.547. The standard InChI is InChI=1S/C53H71F5N6O5S3/c1-37(13-20-48(54)55)45-34-52(5,6)25-21-39(45)35-63-29-31-64(32-30-63)42-16-14-38(15-17-42)49(65)60-71-44-18-19-46(47(33-44)72(67,68)53(56,57)58)59-40(36-70-43-11-9-8-10-12-43)22-26-62-27-23-41(24-28-62)61(7)50(66)69-51(2,3)4/h8-12,14-19,33,40-41,48,59H,1,13,20-32,34-36H2,2-7H3,(H,60,65). The fourth-order valence-electron chi connectivity index (χ4n) is 9.25. The first-order chi connectivity index (χ1) is 33.9. The van der Waals surface area contributed by atoms with Crippen molar-refractivity contribution in [1.82, 2.24) is 19.4 Å². The number of anilines is 2. The molecule has 6 rings (SSSR count). The molecule has 2 fully saturated rings. The van der Waals surface area contributed by atoms with Crippen molar-refractivity contribution in [3.8, 4) is 0 Å². The van der Waals surface area contributed by atoms with Crippen molar-refractivity contribution in [3.63, 3.8) is 0 Å². The molecule has 2 N–H and O–H groups in total. The molecular weight excluding hydrogens is 992 g/mol. The van der Waals surface area contributed by atoms with Gasteiger partial charge < -0.3 is 24.8 Å². The van der Waals surface area contributed by atoms with Crippen LogP contribution in [0.1, 0.15) is 96.3 Å². The van der Waals surface area contributed by atoms with Gasteiger partial charge in [-0.3, -0.25) is 14.4 Å². The summed E-state index contributed by atoms with van der Waals surface area (Å²) in [5.74, 6) is -0.0781. The van der Waals surface area contributed by atoms with Gasteiger partial charge in [-0.05, 0) is 143 Å². The fourth-order valence-corrected chi connectivity index (χ4v) is 11.9. The number of sulfone groups is 1. The second-order valence-electron chi connectivity index (χ2n) is 20.8. The molecule has 2 saturated heterocycles. The van der Waals surface area contributed by atoms with E-state index < -0.39 is 44.2 Å². The van der Waals surface area contributed by atoms with Crippen molar-refractivity contribution in [2.24, 2.45) is 5.41 Å². The maximum atomic E-state index is 14.3. The number of benzene rings is 3. The van der Waals surface area contributed by atoms with Crippen LogP contribution in [0.2, 0.25) is 0 Å². The molecule has 1 aliphatic carbocycles. The summed E-state index contributed by atoms with van der Waals surface area (Å²) in [5, 5.41) is 3.16. The monoisotopic (exact) mass is 1060 g/mol. The van der Waals surface area contributed by atoms with Gasteiger partial charge in [-0.15, -0.1) is 11.8 Å². The van der Waals surface area contributed by atoms with Crippen molar-refractivity contribution in [3.05, 3.63) is 102 Å². The van der Waals surface area contributed by atoms with Crippen LogP contribution in [0.15, 0.2) is 111 Å². The number of carbonyl (C=O) groups excluding carboxylic acids is 2. The number of piperidine rings is 1. The van der Waals surface area contributed by atoms with Gasteiger partial charge in [0.1, 0.15) is 10.5 Å². The Bertz CT molecular complexity index is 2450. The molecule has 2 aliphatic heterocycles. The molecule has 0 radical (unpaired) electrons. The average molecular weight is 1060 g/mol. The van der Waals surface area contributed by atoms with Crippen LogP contribution in [0.5, 0.6) is 0 Å². The number of hydrogen-bond donors (Lipinski definition) is 2. The number of alkyl halides is 5. The Morgan fingerprint density at radius 1 is 0.903 bits per heavy atom. The second kappa shape index (κ2) is 24.8. The maximum absolute atomic E-state index is 14.3. The predicted octanol–water partition coefficient (Wildman–Crippen LogP) is 11.9. The third-order valence-electron chi connectivity index (χ3n) is 13.5. The normalized spacial score (nSPS) is 18.0. The van der Waals surface area contributed by atoms with Crippen molar-refractivity contribution in [1.29, 1.82) is 0 Å². The van der Waals surface area contributed by atoms with E-state index >= 15 is 0 Å². The van der Waals surface area contributed by atoms with Crippen molar-refractivity contribution in [2.75, 3.05) is 75.4 Å². The highest BCUT2D eigenvalue weighted by atomic mass is 32.2. The molecule has 1 unspecified atom stereocenters. The molecule has 3 aromatic rings. The van der Waals surface area contributed by atoms with Gasteiger partial charge in [0.25, 0.3) is 15.7 Å². The van der Waals surface area contributed by atoms with E-state index in [-0.39, 0.29) is 34.6 Å². The predicted molar refractivity (Wildman–Crippen MR) is 280 cm³/mol. The molecule has 3 aromatic carbocycles. The van der Waals surface area contributed by atoms with Crippen LogP contribution in [-0.4, -0.2) is 130 Å². The summed E-state index contributed by atoms with van der Waals surface area (Å²) >= 11 is 2.23. The number of likely N-dealkylation sites (tertiary alicyclic amines) is 1. The molecular formula is C53H71F5N6O5S3. The van der Waals surface area contributed by atoms with Gasteiger partial charge >= 0.3 is 11.6 Å². The van der Waals surface area contributed by atoms with E-state index in [1.165, 1.54) is 29.5 Å². The van der Waals surface area contributed by atoms with E-state index in [1.807, 2.05) is 63.2 Å². The number of hydrogen-bond acceptors (Lipinski definition) is 11. The second-order valence-corrected chi connectivity index (χ2v) is 24.7. The van der Waals surface area contributed by atoms with Crippen LogP contribution in [-0.2, 0) is 14.6 Å². The van der Waals surface area contributed by atoms with Gasteiger partial charge in [0.15, 0.2) is 0 Å². The van der Waals surface area contributed by atoms with Crippen LogP contribution >= 0.6 is 23.7 Å². The summed E-state index contributed by atoms with van der Waals surface area (Å²) in [6.45, 7) is 19.9. The van der Waals surface area contributed by atoms with Crippen LogP contribution in [0.25, 0.3) is 0 Å². The Labute approximate surface area is 431 Å². The minimum atomic E-state index is -5.83. The number of halogens is 5. The van der Waals surface area contributed by atoms with E-state index in [2.05, 4.69) is 45.2 Å². The lowest BCUT2D eigenvalue weighted by Crippen LogP contribution is -2.47. The molecule has 0 aromatic heterocycles. The van der Waals surface area contributed by atoms with E-state index in [1.54, 1.807) is 24.1 Å². The van der Waals surface area contributed by atoms with Crippen molar-refractivity contribution >= 4 is 56.9 Å². The highest BCUT2D eigenvalue weighted by Gasteiger charge is 2.48. The highest BCUT2D eigenvalue weighted by Crippen LogP contribution is 2.43. The van der Waals surface area contributed by atoms with Crippen LogP contribution in [0.3, 0.4) is 0 Å². The largest absolute Gasteiger partial charge is 0.501 e. The average Bonchev–Trinajstić information content (AvgIpc) is 3.33. The first-order valence-corrected chi connectivity index (χ1v) is 28.0. The molecule has 11 nitrogen and oxygen atoms in total. The van der Waals surface area contributed by atoms with Gasteiger partial charge in [0.05, 0.1) is 5.69 Å². The molecule has 3 aliphatic rings. The number of nitrogens with zero attached hydrogens (tertiary/aromatic N) is 4. The summed E-state index contributed by atoms with van der Waals surface area (Å²) in [6.07, 6.45) is 2.10. The minimum Gasteiger partial charge on any atom is -0.444 e. The Morgan fingerprint density at radius 3 is 2.19 bits per heavy atom. The number of carbonyl (C=O) groups is 2. The van der Waals surface area contributed by atoms with E-state index in [0.717, 1.165) is 105 Å². The first kappa shape index (κ1) is 57.0. The summed E-state index contributed by atoms with van der Waals surface area (Å²) in [5.41, 5.74) is -1.77. The van der Waals surface area contributed by atoms with Crippen molar-refractivity contribution in [2.45, 2.75) is 130 Å². The highest BCUT2D eigenvalue weighted by molar-refractivity contribution is 7.99. The molecule has 1 atom stereocenters. The molecule has 396 valence electrons. The molecule has 0 spiro atoms. The summed E-state index contributed by atoms with van der Waals surface area (Å²) in [6, 6.07) is 19.9. The van der Waals surface area contributed by atoms with Crippen LogP contribution < -0.4 is 14.9 Å². The SMILES string of the molecule is C=C(CCC(F)F)C1=C(CN2CCN(c3ccc(C(=O)NSc4ccc(NC(CCN5CCC(N(C)C(=O)OC(C)(C)C)CC5)CSc5ccccc5)c(S(=O)(=O)C(F)(F)F)c4)cc3)CC2)CCC(C)(C)C1. The number of rotatable bonds is 20. The zero-order valence-electron chi connectivity index (χ0n) is 42.3. The quantitative estimate of drug-likeness (QED) is 0.0640. The number of amides is 2. The van der Waals surface area contributed by atoms with E-state index in [0.29, 0.717) is 43.8 Å². The molecule has 0 saturated carbocycles. The molecule has 72 heavy (non-hydrogen) atoms. The summed E-state index contributed by atoms with van der Waals surface area (Å²) in [7, 11) is -4.09. The Balaban J connectivity index is 1.07. The van der Waals surface area contributed by atoms with Gasteiger partial charge in [-0.2, -0.15) is 13.2 Å². The third-order valence-corrected chi connectivity index (χ3v) is 17.0. The molecule has 19 heteroatoms. The lowest BCUT2D eigenvalue weighted by atomic mass is 9.72. The number of nitrogens with one attached hydrogen (secondary N) is 2. The molecule has 2 amide bonds. The summed E-state index contributed by atoms with van der Waals surface area (Å²) in [4.78, 5) is 34.7. The van der Waals surface area contributed by atoms with Gasteiger partial charge in [-0.25, -0.2) is 22.0 Å². The van der Waals surface area contributed by atoms with Crippen LogP contribution in [0.4, 0.5) is 38.1 Å².